The molecule has 0 saturated heterocycles. The maximum atomic E-state index is 12.2. The van der Waals surface area contributed by atoms with Crippen LogP contribution in [0, 0.1) is 5.41 Å². The molecule has 0 aliphatic carbocycles. The number of hydrogen-bond acceptors (Lipinski definition) is 3. The zero-order valence-corrected chi connectivity index (χ0v) is 20.5. The maximum Gasteiger partial charge on any atom is 0.242 e. The number of sulfonamides is 1. The number of aliphatic imine (C=N–C) groups is 1. The minimum Gasteiger partial charge on any atom is -0.357 e. The van der Waals surface area contributed by atoms with Gasteiger partial charge in [-0.05, 0) is 38.2 Å². The molecular formula is C18H36IN5O2S. The lowest BCUT2D eigenvalue weighted by atomic mass is 9.89. The van der Waals surface area contributed by atoms with E-state index in [1.54, 1.807) is 30.1 Å². The van der Waals surface area contributed by atoms with Gasteiger partial charge in [0, 0.05) is 38.6 Å². The standard InChI is InChI=1S/C18H35N5O2S.HI/c1-7-19-17(22-15(2)8-10-18(3,4)5)20-11-12-21-26(24,25)16-9-13-23(6)14-16;/h9,13-15,21H,7-8,10-12H2,1-6H3,(H2,19,20,22);1H. The van der Waals surface area contributed by atoms with Crippen LogP contribution in [0.1, 0.15) is 47.5 Å². The topological polar surface area (TPSA) is 87.5 Å². The number of halogens is 1. The lowest BCUT2D eigenvalue weighted by Gasteiger charge is -2.23. The highest BCUT2D eigenvalue weighted by Crippen LogP contribution is 2.21. The second kappa shape index (κ2) is 11.9. The Morgan fingerprint density at radius 1 is 1.33 bits per heavy atom. The highest BCUT2D eigenvalue weighted by atomic mass is 127. The van der Waals surface area contributed by atoms with E-state index in [-0.39, 0.29) is 35.4 Å². The van der Waals surface area contributed by atoms with E-state index in [0.717, 1.165) is 19.4 Å². The van der Waals surface area contributed by atoms with E-state index in [1.807, 2.05) is 6.92 Å². The Kier molecular flexibility index (Phi) is 11.5. The summed E-state index contributed by atoms with van der Waals surface area (Å²) in [4.78, 5) is 4.73. The second-order valence-corrected chi connectivity index (χ2v) is 9.58. The molecule has 158 valence electrons. The van der Waals surface area contributed by atoms with Gasteiger partial charge in [-0.3, -0.25) is 4.99 Å². The Balaban J connectivity index is 0.00000676. The van der Waals surface area contributed by atoms with Crippen LogP contribution in [0.5, 0.6) is 0 Å². The number of aromatic nitrogens is 1. The molecule has 0 aliphatic heterocycles. The molecule has 1 atom stereocenters. The summed E-state index contributed by atoms with van der Waals surface area (Å²) < 4.78 is 28.6. The fourth-order valence-corrected chi connectivity index (χ4v) is 3.41. The highest BCUT2D eigenvalue weighted by molar-refractivity contribution is 14.0. The number of aryl methyl sites for hydroxylation is 1. The van der Waals surface area contributed by atoms with Gasteiger partial charge in [-0.25, -0.2) is 13.1 Å². The zero-order chi connectivity index (χ0) is 19.8. The monoisotopic (exact) mass is 513 g/mol. The number of nitrogens with zero attached hydrogens (tertiary/aromatic N) is 2. The molecule has 1 aromatic rings. The Hall–Kier alpha value is -0.810. The smallest absolute Gasteiger partial charge is 0.242 e. The third kappa shape index (κ3) is 10.9. The molecule has 1 unspecified atom stereocenters. The van der Waals surface area contributed by atoms with Gasteiger partial charge < -0.3 is 15.2 Å². The van der Waals surface area contributed by atoms with Crippen molar-refractivity contribution < 1.29 is 8.42 Å². The van der Waals surface area contributed by atoms with Gasteiger partial charge >= 0.3 is 0 Å². The van der Waals surface area contributed by atoms with Crippen molar-refractivity contribution in [3.63, 3.8) is 0 Å². The molecule has 0 fully saturated rings. The average Bonchev–Trinajstić information content (AvgIpc) is 2.96. The molecule has 0 spiro atoms. The summed E-state index contributed by atoms with van der Waals surface area (Å²) in [6, 6.07) is 1.88. The first kappa shape index (κ1) is 26.2. The van der Waals surface area contributed by atoms with E-state index >= 15 is 0 Å². The Morgan fingerprint density at radius 2 is 2.00 bits per heavy atom. The molecule has 7 nitrogen and oxygen atoms in total. The third-order valence-electron chi connectivity index (χ3n) is 3.84. The average molecular weight is 513 g/mol. The van der Waals surface area contributed by atoms with Gasteiger partial charge in [-0.1, -0.05) is 20.8 Å². The van der Waals surface area contributed by atoms with E-state index in [0.29, 0.717) is 24.0 Å². The molecule has 1 aromatic heterocycles. The van der Waals surface area contributed by atoms with Crippen molar-refractivity contribution in [1.29, 1.82) is 0 Å². The molecule has 0 aromatic carbocycles. The van der Waals surface area contributed by atoms with Gasteiger partial charge in [0.05, 0.1) is 11.4 Å². The van der Waals surface area contributed by atoms with Crippen LogP contribution in [-0.2, 0) is 17.1 Å². The first-order chi connectivity index (χ1) is 12.0. The summed E-state index contributed by atoms with van der Waals surface area (Å²) in [7, 11) is -1.69. The Morgan fingerprint density at radius 3 is 2.52 bits per heavy atom. The molecule has 1 rings (SSSR count). The lowest BCUT2D eigenvalue weighted by molar-refractivity contribution is 0.346. The van der Waals surface area contributed by atoms with Crippen molar-refractivity contribution in [2.75, 3.05) is 19.6 Å². The van der Waals surface area contributed by atoms with Crippen LogP contribution in [0.3, 0.4) is 0 Å². The fourth-order valence-electron chi connectivity index (χ4n) is 2.34. The van der Waals surface area contributed by atoms with Crippen LogP contribution in [0.2, 0.25) is 0 Å². The summed E-state index contributed by atoms with van der Waals surface area (Å²) in [6.07, 6.45) is 5.46. The Labute approximate surface area is 181 Å². The van der Waals surface area contributed by atoms with Crippen LogP contribution in [0.15, 0.2) is 28.3 Å². The second-order valence-electron chi connectivity index (χ2n) is 7.82. The van der Waals surface area contributed by atoms with Crippen LogP contribution in [-0.4, -0.2) is 44.6 Å². The van der Waals surface area contributed by atoms with E-state index in [2.05, 4.69) is 48.0 Å². The van der Waals surface area contributed by atoms with Gasteiger partial charge in [0.2, 0.25) is 10.0 Å². The quantitative estimate of drug-likeness (QED) is 0.205. The first-order valence-electron chi connectivity index (χ1n) is 9.20. The largest absolute Gasteiger partial charge is 0.357 e. The van der Waals surface area contributed by atoms with Crippen molar-refractivity contribution in [1.82, 2.24) is 19.9 Å². The van der Waals surface area contributed by atoms with Crippen molar-refractivity contribution in [2.45, 2.75) is 58.4 Å². The molecule has 0 amide bonds. The maximum absolute atomic E-state index is 12.2. The van der Waals surface area contributed by atoms with Gasteiger partial charge in [0.15, 0.2) is 5.96 Å². The van der Waals surface area contributed by atoms with Crippen LogP contribution < -0.4 is 15.4 Å². The summed E-state index contributed by atoms with van der Waals surface area (Å²) in [5, 5.41) is 6.58. The van der Waals surface area contributed by atoms with Gasteiger partial charge in [-0.2, -0.15) is 0 Å². The van der Waals surface area contributed by atoms with Gasteiger partial charge in [0.25, 0.3) is 0 Å². The minimum absolute atomic E-state index is 0. The van der Waals surface area contributed by atoms with E-state index in [4.69, 9.17) is 0 Å². The predicted octanol–water partition coefficient (Wildman–Crippen LogP) is 2.69. The molecule has 0 saturated carbocycles. The van der Waals surface area contributed by atoms with E-state index in [1.165, 1.54) is 0 Å². The molecular weight excluding hydrogens is 477 g/mol. The van der Waals surface area contributed by atoms with Crippen molar-refractivity contribution in [3.05, 3.63) is 18.5 Å². The Bertz CT molecular complexity index is 680. The van der Waals surface area contributed by atoms with Crippen LogP contribution >= 0.6 is 24.0 Å². The number of rotatable bonds is 9. The van der Waals surface area contributed by atoms with Crippen LogP contribution in [0.4, 0.5) is 0 Å². The lowest BCUT2D eigenvalue weighted by Crippen LogP contribution is -2.43. The van der Waals surface area contributed by atoms with Crippen molar-refractivity contribution in [3.8, 4) is 0 Å². The number of guanidine groups is 1. The number of nitrogens with one attached hydrogen (secondary N) is 3. The van der Waals surface area contributed by atoms with Crippen LogP contribution in [0.25, 0.3) is 0 Å². The van der Waals surface area contributed by atoms with Gasteiger partial charge in [0.1, 0.15) is 0 Å². The molecule has 0 radical (unpaired) electrons. The summed E-state index contributed by atoms with van der Waals surface area (Å²) in [6.45, 7) is 12.2. The molecule has 3 N–H and O–H groups in total. The van der Waals surface area contributed by atoms with Crippen molar-refractivity contribution in [2.24, 2.45) is 17.5 Å². The molecule has 1 heterocycles. The SMILES string of the molecule is CCNC(=NCCNS(=O)(=O)c1ccn(C)c1)NC(C)CCC(C)(C)C.I. The van der Waals surface area contributed by atoms with Gasteiger partial charge in [-0.15, -0.1) is 24.0 Å². The fraction of sp³-hybridized carbons (Fsp3) is 0.722. The summed E-state index contributed by atoms with van der Waals surface area (Å²) >= 11 is 0. The normalized spacial score (nSPS) is 13.8. The van der Waals surface area contributed by atoms with E-state index < -0.39 is 10.0 Å². The first-order valence-corrected chi connectivity index (χ1v) is 10.7. The molecule has 0 aliphatic rings. The van der Waals surface area contributed by atoms with E-state index in [9.17, 15) is 8.42 Å². The molecule has 0 bridgehead atoms. The molecule has 27 heavy (non-hydrogen) atoms. The van der Waals surface area contributed by atoms with Crippen molar-refractivity contribution >= 4 is 40.0 Å². The third-order valence-corrected chi connectivity index (χ3v) is 5.29. The molecule has 9 heteroatoms. The predicted molar refractivity (Wildman–Crippen MR) is 123 cm³/mol. The number of hydrogen-bond donors (Lipinski definition) is 3. The summed E-state index contributed by atoms with van der Waals surface area (Å²) in [5.74, 6) is 0.716. The minimum atomic E-state index is -3.48. The summed E-state index contributed by atoms with van der Waals surface area (Å²) in [5.41, 5.74) is 0.307. The zero-order valence-electron chi connectivity index (χ0n) is 17.4. The highest BCUT2D eigenvalue weighted by Gasteiger charge is 2.15.